The zero-order valence-corrected chi connectivity index (χ0v) is 88.3. The predicted molar refractivity (Wildman–Crippen MR) is 498 cm³/mol. The molecule has 3 saturated heterocycles. The van der Waals surface area contributed by atoms with Crippen LogP contribution in [0.25, 0.3) is 0 Å². The Balaban J connectivity index is 0.00000158. The van der Waals surface area contributed by atoms with Gasteiger partial charge in [0.05, 0.1) is 53.1 Å². The average Bonchev–Trinajstić information content (AvgIpc) is 0.764. The van der Waals surface area contributed by atoms with Gasteiger partial charge in [-0.3, -0.25) is 9.35 Å². The van der Waals surface area contributed by atoms with Crippen LogP contribution in [-0.2, 0) is 95.6 Å². The molecule has 3 aliphatic rings. The molecule has 0 aromatic heterocycles. The fourth-order valence-corrected chi connectivity index (χ4v) is 22.6. The van der Waals surface area contributed by atoms with Crippen molar-refractivity contribution in [2.75, 3.05) is 76.2 Å². The maximum Gasteiger partial charge on any atom is 0.407 e. The summed E-state index contributed by atoms with van der Waals surface area (Å²) in [6, 6.07) is 6.70. The molecule has 1 unspecified atom stereocenters. The van der Waals surface area contributed by atoms with Crippen LogP contribution in [0.1, 0.15) is 193 Å². The monoisotopic (exact) mass is 1930 g/mol. The van der Waals surface area contributed by atoms with Gasteiger partial charge < -0.3 is 82.3 Å². The van der Waals surface area contributed by atoms with Crippen LogP contribution in [0.3, 0.4) is 0 Å². The zero-order chi connectivity index (χ0) is 98.2. The van der Waals surface area contributed by atoms with Crippen LogP contribution in [0.4, 0.5) is 24.0 Å². The number of sulfonamides is 3. The van der Waals surface area contributed by atoms with Crippen LogP contribution < -0.4 is 45.9 Å². The summed E-state index contributed by atoms with van der Waals surface area (Å²) in [6.45, 7) is 74.1. The smallest absolute Gasteiger partial charge is 0.407 e. The van der Waals surface area contributed by atoms with E-state index in [0.717, 1.165) is 5.19 Å². The van der Waals surface area contributed by atoms with E-state index in [2.05, 4.69) is 188 Å². The third-order valence-corrected chi connectivity index (χ3v) is 43.7. The number of aliphatic carboxylic acids is 1. The van der Waals surface area contributed by atoms with Crippen molar-refractivity contribution >= 4 is 122 Å². The maximum atomic E-state index is 12.8. The fourth-order valence-electron chi connectivity index (χ4n) is 11.1. The van der Waals surface area contributed by atoms with Crippen LogP contribution in [0, 0.1) is 29.6 Å². The van der Waals surface area contributed by atoms with E-state index in [9.17, 15) is 71.8 Å². The van der Waals surface area contributed by atoms with Crippen molar-refractivity contribution in [3.05, 3.63) is 55.6 Å². The number of carbonyl (C=O) groups is 7. The Hall–Kier alpha value is -5.50. The minimum atomic E-state index is -4.31. The minimum Gasteiger partial charge on any atom is -0.481 e. The van der Waals surface area contributed by atoms with E-state index < -0.39 is 192 Å². The van der Waals surface area contributed by atoms with E-state index >= 15 is 0 Å². The number of alkyl carbamates (subject to hydrolysis) is 5. The first-order chi connectivity index (χ1) is 55.8. The summed E-state index contributed by atoms with van der Waals surface area (Å²) in [7, 11) is -21.8. The third-order valence-electron chi connectivity index (χ3n) is 20.9. The van der Waals surface area contributed by atoms with Crippen molar-refractivity contribution in [1.82, 2.24) is 40.8 Å². The number of nitrogens with one attached hydrogen (secondary N) is 8. The van der Waals surface area contributed by atoms with E-state index in [1.165, 1.54) is 6.08 Å². The van der Waals surface area contributed by atoms with Crippen molar-refractivity contribution in [2.45, 2.75) is 311 Å². The number of hydrogen-bond donors (Lipinski definition) is 10. The number of carboxylic acids is 1. The highest BCUT2D eigenvalue weighted by atomic mass is 32.2. The van der Waals surface area contributed by atoms with Crippen molar-refractivity contribution in [1.29, 1.82) is 0 Å². The Labute approximate surface area is 752 Å². The molecule has 5 amide bonds. The SMILES string of the molecule is C=C[C@@H](CO[Si](C)(C)C(C)(C)C)[C@@H](CCO[Si](OC)(c1ccccc1)C(C)(C)C)NC(=O)OC(C)(C)C.C=C[C@@H](CO[Si](C)(C)C(C)(C)C)[C@@H](CS(=O)(=O)O)NC(=O)OC(C)(C)C.CC(C)(C)OC(=O)N[C@@H]1CS(=O)(=O)NC[C@H]1C(=O)O.CC(C)(C)OC(=O)N[C@@H]1CS(=O)(=O)NC[C@H]1C=O.CC(C)(C)OC(=O)N[C@@H]1CS(=O)(=O)NC[C@H]1CO[Si](C)(C)C(C)(C)C. The van der Waals surface area contributed by atoms with Crippen LogP contribution >= 0.6 is 0 Å². The molecule has 0 bridgehead atoms. The Morgan fingerprint density at radius 1 is 0.488 bits per heavy atom. The van der Waals surface area contributed by atoms with E-state index in [0.29, 0.717) is 32.5 Å². The highest BCUT2D eigenvalue weighted by Crippen LogP contribution is 2.41. The molecule has 0 aliphatic carbocycles. The Morgan fingerprint density at radius 2 is 0.824 bits per heavy atom. The molecule has 3 aliphatic heterocycles. The molecule has 125 heavy (non-hydrogen) atoms. The second-order valence-electron chi connectivity index (χ2n) is 42.0. The van der Waals surface area contributed by atoms with Crippen molar-refractivity contribution in [3.8, 4) is 0 Å². The van der Waals surface area contributed by atoms with Crippen LogP contribution in [-0.4, -0.2) is 254 Å². The lowest BCUT2D eigenvalue weighted by Gasteiger charge is -2.41. The van der Waals surface area contributed by atoms with E-state index in [4.69, 9.17) is 50.9 Å². The van der Waals surface area contributed by atoms with Gasteiger partial charge in [-0.25, -0.2) is 63.4 Å². The molecule has 43 heteroatoms. The first kappa shape index (κ1) is 119. The number of benzene rings is 1. The van der Waals surface area contributed by atoms with Gasteiger partial charge in [0.1, 0.15) is 34.3 Å². The number of aldehydes is 1. The van der Waals surface area contributed by atoms with Gasteiger partial charge in [-0.2, -0.15) is 8.42 Å². The quantitative estimate of drug-likeness (QED) is 0.0122. The predicted octanol–water partition coefficient (Wildman–Crippen LogP) is 12.1. The number of carbonyl (C=O) groups excluding carboxylic acids is 6. The summed E-state index contributed by atoms with van der Waals surface area (Å²) >= 11 is 0. The molecule has 728 valence electrons. The summed E-state index contributed by atoms with van der Waals surface area (Å²) in [4.78, 5) is 81.8. The molecule has 10 N–H and O–H groups in total. The maximum absolute atomic E-state index is 12.8. The lowest BCUT2D eigenvalue weighted by molar-refractivity contribution is -0.142. The summed E-state index contributed by atoms with van der Waals surface area (Å²) in [5.74, 6) is -5.14. The van der Waals surface area contributed by atoms with Gasteiger partial charge >= 0.3 is 45.0 Å². The molecule has 3 fully saturated rings. The van der Waals surface area contributed by atoms with Crippen LogP contribution in [0.5, 0.6) is 0 Å². The minimum absolute atomic E-state index is 0.00764. The van der Waals surface area contributed by atoms with Gasteiger partial charge in [-0.1, -0.05) is 126 Å². The van der Waals surface area contributed by atoms with Crippen LogP contribution in [0.15, 0.2) is 55.6 Å². The molecule has 0 saturated carbocycles. The second kappa shape index (κ2) is 47.5. The van der Waals surface area contributed by atoms with Crippen molar-refractivity contribution in [3.63, 3.8) is 0 Å². The highest BCUT2D eigenvalue weighted by Gasteiger charge is 2.52. The molecule has 1 aromatic carbocycles. The molecule has 1 aromatic rings. The van der Waals surface area contributed by atoms with Crippen molar-refractivity contribution < 1.29 is 123 Å². The number of rotatable bonds is 28. The second-order valence-corrected chi connectivity index (χ2v) is 67.5. The number of ether oxygens (including phenoxy) is 5. The van der Waals surface area contributed by atoms with Gasteiger partial charge in [-0.05, 0) is 170 Å². The molecule has 3 heterocycles. The van der Waals surface area contributed by atoms with Crippen LogP contribution in [0.2, 0.25) is 59.4 Å². The number of hydrogen-bond acceptors (Lipinski definition) is 25. The lowest BCUT2D eigenvalue weighted by atomic mass is 9.98. The lowest BCUT2D eigenvalue weighted by Crippen LogP contribution is -2.60. The topological polar surface area (TPSA) is 485 Å². The number of carboxylic acid groups (broad SMARTS) is 1. The first-order valence-corrected chi connectivity index (χ1v) is 58.9. The molecular formula is C82H158N8O27S4Si4. The summed E-state index contributed by atoms with van der Waals surface area (Å²) < 4.78 is 166. The molecule has 11 atom stereocenters. The Morgan fingerprint density at radius 3 is 1.18 bits per heavy atom. The molecular weight excluding hydrogens is 1770 g/mol. The van der Waals surface area contributed by atoms with Gasteiger partial charge in [-0.15, -0.1) is 13.2 Å². The first-order valence-electron chi connectivity index (χ1n) is 41.8. The van der Waals surface area contributed by atoms with Crippen molar-refractivity contribution in [2.24, 2.45) is 29.6 Å². The Bertz CT molecular complexity index is 4130. The highest BCUT2D eigenvalue weighted by molar-refractivity contribution is 7.90. The van der Waals surface area contributed by atoms with E-state index in [1.807, 2.05) is 45.0 Å². The van der Waals surface area contributed by atoms with Gasteiger partial charge in [0.25, 0.3) is 10.1 Å². The Kier molecular flexibility index (Phi) is 45.5. The zero-order valence-electron chi connectivity index (χ0n) is 81.0. The van der Waals surface area contributed by atoms with Gasteiger partial charge in [0.2, 0.25) is 30.1 Å². The third kappa shape index (κ3) is 46.7. The fraction of sp³-hybridized carbons (Fsp3) is 0.793. The summed E-state index contributed by atoms with van der Waals surface area (Å²) in [6.07, 6.45) is 1.22. The molecule has 4 rings (SSSR count). The largest absolute Gasteiger partial charge is 0.481 e. The van der Waals surface area contributed by atoms with E-state index in [-0.39, 0.29) is 75.8 Å². The average molecular weight is 1930 g/mol. The molecule has 35 nitrogen and oxygen atoms in total. The molecule has 0 spiro atoms. The van der Waals surface area contributed by atoms with Gasteiger partial charge in [0, 0.05) is 87.9 Å². The van der Waals surface area contributed by atoms with Gasteiger partial charge in [0.15, 0.2) is 25.0 Å². The number of amides is 5. The summed E-state index contributed by atoms with van der Waals surface area (Å²) in [5.41, 5.74) is -3.37. The van der Waals surface area contributed by atoms with E-state index in [1.54, 1.807) is 90.2 Å². The standard InChI is InChI=1S/C29H53NO5Si2.C17H35NO6SSi.C16H34N2O5SSi.C10H18N2O6S.C10H18N2O5S/c1-14-23(22-34-36(12,13)28(5,6)7)25(30-26(31)35-27(2,3)4)20-21-33-37(32-11,29(8,9)10)24-18-16-15-17-19-24;1-10-13(11-23-26(8,9)17(5,6)7)14(12-25(20,21)22)18-15(19)24-16(2,3)4;1-15(2,3)23-14(19)18-13-11-24(20,21)17-9-12(13)10-22-25(7,8)16(4,5)6;1-10(2,3)18-9(15)12-7-5-19(16,17)11-4-6(7)8(13)14;1-10(2,3)17-9(14)12-8-6-18(15,16)11-4-7(8)5-13/h14-19,23,25H,1,20-22H2,2-13H3,(H,30,31);10,13-14H,1,11-12H2,2-9H3,(H,18,19)(H,20,21,22);12-13,17H,9-11H2,1-8H3,(H,18,19);6-7,11H,4-5H2,1-3H3,(H,12,15)(H,13,14);5,7-8,11H,4,6H2,1-3H3,(H,12,14)/t23-,25+,37?;13-,14+;12-,13+;6-,7-;7-,8+/m00010/s1. The normalized spacial score (nSPS) is 21.0. The summed E-state index contributed by atoms with van der Waals surface area (Å²) in [5, 5.41) is 23.0. The molecule has 0 radical (unpaired) electrons.